The van der Waals surface area contributed by atoms with Crippen molar-refractivity contribution in [1.82, 2.24) is 4.98 Å². The van der Waals surface area contributed by atoms with Gasteiger partial charge in [-0.15, -0.1) is 0 Å². The molecule has 0 aliphatic heterocycles. The summed E-state index contributed by atoms with van der Waals surface area (Å²) in [5, 5.41) is 3.32. The van der Waals surface area contributed by atoms with Crippen molar-refractivity contribution in [3.05, 3.63) is 41.0 Å². The minimum absolute atomic E-state index is 0.217. The number of rotatable bonds is 5. The van der Waals surface area contributed by atoms with E-state index in [-0.39, 0.29) is 5.56 Å². The summed E-state index contributed by atoms with van der Waals surface area (Å²) in [7, 11) is 0. The summed E-state index contributed by atoms with van der Waals surface area (Å²) in [6.45, 7) is 2.41. The molecule has 1 amide bonds. The van der Waals surface area contributed by atoms with Crippen LogP contribution in [0.4, 0.5) is 17.1 Å². The van der Waals surface area contributed by atoms with E-state index in [4.69, 9.17) is 27.8 Å². The fraction of sp³-hybridized carbons (Fsp3) is 0.143. The van der Waals surface area contributed by atoms with Gasteiger partial charge >= 0.3 is 0 Å². The molecule has 7 heteroatoms. The number of aromatic nitrogens is 1. The molecule has 2 aromatic rings. The highest BCUT2D eigenvalue weighted by atomic mass is 35.5. The summed E-state index contributed by atoms with van der Waals surface area (Å²) in [6, 6.07) is 6.48. The van der Waals surface area contributed by atoms with Crippen LogP contribution in [0.5, 0.6) is 5.88 Å². The molecule has 0 spiro atoms. The molecule has 5 N–H and O–H groups in total. The Morgan fingerprint density at radius 1 is 1.43 bits per heavy atom. The molecule has 0 saturated heterocycles. The first-order valence-corrected chi connectivity index (χ1v) is 6.63. The number of anilines is 3. The predicted molar refractivity (Wildman–Crippen MR) is 83.1 cm³/mol. The maximum Gasteiger partial charge on any atom is 0.250 e. The van der Waals surface area contributed by atoms with Gasteiger partial charge in [0.15, 0.2) is 0 Å². The second kappa shape index (κ2) is 6.32. The average Bonchev–Trinajstić information content (AvgIpc) is 2.43. The van der Waals surface area contributed by atoms with Crippen LogP contribution in [-0.2, 0) is 0 Å². The van der Waals surface area contributed by atoms with E-state index in [1.165, 1.54) is 6.07 Å². The van der Waals surface area contributed by atoms with E-state index in [1.54, 1.807) is 24.4 Å². The van der Waals surface area contributed by atoms with Gasteiger partial charge in [-0.1, -0.05) is 11.6 Å². The minimum atomic E-state index is -0.620. The summed E-state index contributed by atoms with van der Waals surface area (Å²) < 4.78 is 5.26. The number of halogens is 1. The number of nitrogens with two attached hydrogens (primary N) is 2. The van der Waals surface area contributed by atoms with Gasteiger partial charge in [-0.25, -0.2) is 4.98 Å². The Morgan fingerprint density at radius 3 is 2.76 bits per heavy atom. The quantitative estimate of drug-likeness (QED) is 0.737. The maximum absolute atomic E-state index is 11.5. The molecule has 0 fully saturated rings. The Morgan fingerprint density at radius 2 is 2.19 bits per heavy atom. The number of carbonyl (C=O) groups excluding carboxylic acids is 1. The van der Waals surface area contributed by atoms with E-state index < -0.39 is 5.91 Å². The third kappa shape index (κ3) is 3.55. The van der Waals surface area contributed by atoms with Crippen LogP contribution in [0.15, 0.2) is 30.5 Å². The van der Waals surface area contributed by atoms with Gasteiger partial charge in [0.05, 0.1) is 34.8 Å². The number of carbonyl (C=O) groups is 1. The van der Waals surface area contributed by atoms with E-state index in [9.17, 15) is 4.79 Å². The Labute approximate surface area is 127 Å². The normalized spacial score (nSPS) is 10.2. The first kappa shape index (κ1) is 14.9. The molecule has 2 rings (SSSR count). The topological polar surface area (TPSA) is 103 Å². The average molecular weight is 307 g/mol. The molecule has 0 aliphatic carbocycles. The van der Waals surface area contributed by atoms with Crippen molar-refractivity contribution in [2.75, 3.05) is 17.7 Å². The van der Waals surface area contributed by atoms with Crippen LogP contribution in [0.3, 0.4) is 0 Å². The van der Waals surface area contributed by atoms with Gasteiger partial charge in [0.1, 0.15) is 0 Å². The second-order valence-corrected chi connectivity index (χ2v) is 4.64. The van der Waals surface area contributed by atoms with Gasteiger partial charge < -0.3 is 21.5 Å². The lowest BCUT2D eigenvalue weighted by Crippen LogP contribution is -2.14. The first-order valence-electron chi connectivity index (χ1n) is 6.26. The van der Waals surface area contributed by atoms with Crippen LogP contribution >= 0.6 is 11.6 Å². The molecular weight excluding hydrogens is 292 g/mol. The fourth-order valence-electron chi connectivity index (χ4n) is 1.78. The number of nitrogens with one attached hydrogen (secondary N) is 1. The molecular formula is C14H15ClN4O2. The number of pyridine rings is 1. The van der Waals surface area contributed by atoms with Crippen molar-refractivity contribution in [1.29, 1.82) is 0 Å². The molecule has 0 atom stereocenters. The molecule has 0 bridgehead atoms. The molecule has 0 radical (unpaired) electrons. The van der Waals surface area contributed by atoms with Crippen LogP contribution < -0.4 is 21.5 Å². The van der Waals surface area contributed by atoms with E-state index in [1.807, 2.05) is 6.92 Å². The van der Waals surface area contributed by atoms with E-state index in [2.05, 4.69) is 10.3 Å². The maximum atomic E-state index is 11.5. The highest BCUT2D eigenvalue weighted by Crippen LogP contribution is 2.31. The number of benzene rings is 1. The largest absolute Gasteiger partial charge is 0.478 e. The van der Waals surface area contributed by atoms with E-state index in [0.29, 0.717) is 34.6 Å². The predicted octanol–water partition coefficient (Wildman–Crippen LogP) is 2.56. The highest BCUT2D eigenvalue weighted by molar-refractivity contribution is 6.34. The molecule has 0 unspecified atom stereocenters. The van der Waals surface area contributed by atoms with Crippen LogP contribution in [0, 0.1) is 0 Å². The number of primary amides is 1. The lowest BCUT2D eigenvalue weighted by molar-refractivity contribution is 0.100. The zero-order chi connectivity index (χ0) is 15.4. The van der Waals surface area contributed by atoms with Gasteiger partial charge in [0, 0.05) is 11.8 Å². The lowest BCUT2D eigenvalue weighted by Gasteiger charge is -2.13. The zero-order valence-corrected chi connectivity index (χ0v) is 12.1. The summed E-state index contributed by atoms with van der Waals surface area (Å²) >= 11 is 6.11. The number of nitrogen functional groups attached to an aromatic ring is 1. The Bertz CT molecular complexity index is 659. The summed E-state index contributed by atoms with van der Waals surface area (Å²) in [4.78, 5) is 15.6. The number of hydrogen-bond acceptors (Lipinski definition) is 5. The Balaban J connectivity index is 2.32. The van der Waals surface area contributed by atoms with Crippen molar-refractivity contribution in [2.24, 2.45) is 5.73 Å². The third-order valence-corrected chi connectivity index (χ3v) is 2.97. The van der Waals surface area contributed by atoms with Crippen molar-refractivity contribution in [3.8, 4) is 5.88 Å². The number of nitrogens with zero attached hydrogens (tertiary/aromatic N) is 1. The molecule has 6 nitrogen and oxygen atoms in total. The summed E-state index contributed by atoms with van der Waals surface area (Å²) in [5.74, 6) is -0.104. The number of ether oxygens (including phenoxy) is 1. The van der Waals surface area contributed by atoms with Crippen LogP contribution in [-0.4, -0.2) is 17.5 Å². The monoisotopic (exact) mass is 306 g/mol. The summed E-state index contributed by atoms with van der Waals surface area (Å²) in [6.07, 6.45) is 1.57. The van der Waals surface area contributed by atoms with Gasteiger partial charge in [0.25, 0.3) is 5.91 Å². The van der Waals surface area contributed by atoms with Gasteiger partial charge in [0.2, 0.25) is 5.88 Å². The van der Waals surface area contributed by atoms with Gasteiger partial charge in [-0.2, -0.15) is 0 Å². The molecule has 1 aromatic carbocycles. The van der Waals surface area contributed by atoms with Crippen molar-refractivity contribution < 1.29 is 9.53 Å². The fourth-order valence-corrected chi connectivity index (χ4v) is 2.06. The first-order chi connectivity index (χ1) is 10.0. The summed E-state index contributed by atoms with van der Waals surface area (Å²) in [5.41, 5.74) is 12.6. The van der Waals surface area contributed by atoms with Crippen molar-refractivity contribution in [3.63, 3.8) is 0 Å². The van der Waals surface area contributed by atoms with Crippen LogP contribution in [0.2, 0.25) is 5.02 Å². The van der Waals surface area contributed by atoms with Crippen LogP contribution in [0.1, 0.15) is 17.3 Å². The highest BCUT2D eigenvalue weighted by Gasteiger charge is 2.13. The number of hydrogen-bond donors (Lipinski definition) is 3. The Hall–Kier alpha value is -2.47. The lowest BCUT2D eigenvalue weighted by atomic mass is 10.1. The standard InChI is InChI=1S/C14H15ClN4O2/c1-2-21-12-4-3-9(7-18-12)19-13-10(14(17)20)5-8(16)6-11(13)15/h3-7,19H,2,16H2,1H3,(H2,17,20). The number of amides is 1. The third-order valence-electron chi connectivity index (χ3n) is 2.68. The van der Waals surface area contributed by atoms with E-state index in [0.717, 1.165) is 0 Å². The molecule has 1 aromatic heterocycles. The molecule has 0 saturated carbocycles. The van der Waals surface area contributed by atoms with Gasteiger partial charge in [-0.05, 0) is 25.1 Å². The Kier molecular flexibility index (Phi) is 4.49. The van der Waals surface area contributed by atoms with Gasteiger partial charge in [-0.3, -0.25) is 4.79 Å². The molecule has 1 heterocycles. The van der Waals surface area contributed by atoms with Crippen molar-refractivity contribution in [2.45, 2.75) is 6.92 Å². The smallest absolute Gasteiger partial charge is 0.250 e. The minimum Gasteiger partial charge on any atom is -0.478 e. The molecule has 0 aliphatic rings. The van der Waals surface area contributed by atoms with Crippen LogP contribution in [0.25, 0.3) is 0 Å². The molecule has 110 valence electrons. The second-order valence-electron chi connectivity index (χ2n) is 4.23. The zero-order valence-electron chi connectivity index (χ0n) is 11.4. The SMILES string of the molecule is CCOc1ccc(Nc2c(Cl)cc(N)cc2C(N)=O)cn1. The van der Waals surface area contributed by atoms with Crippen molar-refractivity contribution >= 4 is 34.6 Å². The van der Waals surface area contributed by atoms with E-state index >= 15 is 0 Å². The molecule has 21 heavy (non-hydrogen) atoms.